The Balaban J connectivity index is 4.24. The Morgan fingerprint density at radius 3 is 2.00 bits per heavy atom. The molecule has 0 saturated carbocycles. The molecule has 0 heterocycles. The highest BCUT2D eigenvalue weighted by Gasteiger charge is 2.05. The summed E-state index contributed by atoms with van der Waals surface area (Å²) in [5.74, 6) is 0.652. The van der Waals surface area contributed by atoms with Crippen LogP contribution < -0.4 is 5.73 Å². The summed E-state index contributed by atoms with van der Waals surface area (Å²) in [4.78, 5) is 0. The van der Waals surface area contributed by atoms with Crippen LogP contribution in [0.5, 0.6) is 0 Å². The van der Waals surface area contributed by atoms with E-state index in [1.807, 2.05) is 19.9 Å². The van der Waals surface area contributed by atoms with Gasteiger partial charge in [-0.15, -0.1) is 0 Å². The average Bonchev–Trinajstić information content (AvgIpc) is 1.84. The maximum absolute atomic E-state index is 7.55. The molecule has 2 nitrogen and oxygen atoms in total. The SMILES string of the molecule is CC(C)/C=C(\N)C(=N)C(C)C. The molecule has 0 aromatic rings. The van der Waals surface area contributed by atoms with E-state index in [1.165, 1.54) is 0 Å². The van der Waals surface area contributed by atoms with Crippen molar-refractivity contribution in [2.45, 2.75) is 27.7 Å². The summed E-state index contributed by atoms with van der Waals surface area (Å²) in [7, 11) is 0. The molecule has 0 aromatic carbocycles. The predicted octanol–water partition coefficient (Wildman–Crippen LogP) is 2.16. The van der Waals surface area contributed by atoms with Crippen molar-refractivity contribution in [1.82, 2.24) is 0 Å². The van der Waals surface area contributed by atoms with Crippen molar-refractivity contribution in [1.29, 1.82) is 5.41 Å². The largest absolute Gasteiger partial charge is 0.398 e. The predicted molar refractivity (Wildman–Crippen MR) is 49.7 cm³/mol. The van der Waals surface area contributed by atoms with Gasteiger partial charge < -0.3 is 11.1 Å². The van der Waals surface area contributed by atoms with Crippen LogP contribution in [0.15, 0.2) is 11.8 Å². The summed E-state index contributed by atoms with van der Waals surface area (Å²) in [5, 5.41) is 7.55. The van der Waals surface area contributed by atoms with E-state index in [0.717, 1.165) is 0 Å². The van der Waals surface area contributed by atoms with Crippen LogP contribution in [-0.2, 0) is 0 Å². The molecule has 0 aliphatic heterocycles. The number of nitrogens with one attached hydrogen (secondary N) is 1. The number of allylic oxidation sites excluding steroid dienone is 2. The van der Waals surface area contributed by atoms with Crippen LogP contribution in [0, 0.1) is 17.2 Å². The minimum Gasteiger partial charge on any atom is -0.398 e. The Morgan fingerprint density at radius 1 is 1.27 bits per heavy atom. The minimum atomic E-state index is 0.227. The highest BCUT2D eigenvalue weighted by Crippen LogP contribution is 2.04. The molecule has 0 atom stereocenters. The molecule has 0 radical (unpaired) electrons. The van der Waals surface area contributed by atoms with Crippen LogP contribution in [-0.4, -0.2) is 5.71 Å². The van der Waals surface area contributed by atoms with E-state index in [-0.39, 0.29) is 5.92 Å². The van der Waals surface area contributed by atoms with Gasteiger partial charge >= 0.3 is 0 Å². The van der Waals surface area contributed by atoms with Crippen molar-refractivity contribution in [3.8, 4) is 0 Å². The Labute approximate surface area is 69.0 Å². The van der Waals surface area contributed by atoms with Gasteiger partial charge in [0, 0.05) is 5.70 Å². The number of rotatable bonds is 3. The zero-order chi connectivity index (χ0) is 9.02. The van der Waals surface area contributed by atoms with Crippen LogP contribution in [0.4, 0.5) is 0 Å². The summed E-state index contributed by atoms with van der Waals surface area (Å²) < 4.78 is 0. The van der Waals surface area contributed by atoms with Crippen molar-refractivity contribution >= 4 is 5.71 Å². The maximum atomic E-state index is 7.55. The third kappa shape index (κ3) is 3.81. The quantitative estimate of drug-likeness (QED) is 0.601. The lowest BCUT2D eigenvalue weighted by Crippen LogP contribution is -2.16. The van der Waals surface area contributed by atoms with E-state index in [1.54, 1.807) is 0 Å². The zero-order valence-corrected chi connectivity index (χ0v) is 7.81. The second kappa shape index (κ2) is 4.16. The molecular formula is C9H18N2. The zero-order valence-electron chi connectivity index (χ0n) is 7.81. The van der Waals surface area contributed by atoms with Crippen LogP contribution in [0.2, 0.25) is 0 Å². The average molecular weight is 154 g/mol. The topological polar surface area (TPSA) is 49.9 Å². The first-order valence-electron chi connectivity index (χ1n) is 4.01. The van der Waals surface area contributed by atoms with Crippen molar-refractivity contribution < 1.29 is 0 Å². The summed E-state index contributed by atoms with van der Waals surface area (Å²) in [5.41, 5.74) is 6.82. The van der Waals surface area contributed by atoms with Gasteiger partial charge in [-0.25, -0.2) is 0 Å². The molecule has 0 bridgehead atoms. The lowest BCUT2D eigenvalue weighted by molar-refractivity contribution is 0.816. The molecule has 0 rings (SSSR count). The normalized spacial score (nSPS) is 12.7. The van der Waals surface area contributed by atoms with E-state index >= 15 is 0 Å². The molecule has 0 spiro atoms. The molecule has 0 fully saturated rings. The van der Waals surface area contributed by atoms with E-state index in [4.69, 9.17) is 11.1 Å². The molecule has 2 heteroatoms. The van der Waals surface area contributed by atoms with Gasteiger partial charge in [0.1, 0.15) is 0 Å². The molecule has 0 unspecified atom stereocenters. The second-order valence-electron chi connectivity index (χ2n) is 3.43. The first-order valence-corrected chi connectivity index (χ1v) is 4.01. The summed E-state index contributed by atoms with van der Waals surface area (Å²) >= 11 is 0. The third-order valence-corrected chi connectivity index (χ3v) is 1.40. The summed E-state index contributed by atoms with van der Waals surface area (Å²) in [6.07, 6.45) is 1.92. The third-order valence-electron chi connectivity index (χ3n) is 1.40. The lowest BCUT2D eigenvalue weighted by atomic mass is 10.0. The van der Waals surface area contributed by atoms with Crippen molar-refractivity contribution in [2.24, 2.45) is 17.6 Å². The van der Waals surface area contributed by atoms with Gasteiger partial charge in [-0.3, -0.25) is 0 Å². The first kappa shape index (κ1) is 10.2. The second-order valence-corrected chi connectivity index (χ2v) is 3.43. The molecule has 3 N–H and O–H groups in total. The summed E-state index contributed by atoms with van der Waals surface area (Å²) in [6.45, 7) is 8.06. The molecular weight excluding hydrogens is 136 g/mol. The Hall–Kier alpha value is -0.790. The Morgan fingerprint density at radius 2 is 1.73 bits per heavy atom. The van der Waals surface area contributed by atoms with Gasteiger partial charge in [0.25, 0.3) is 0 Å². The van der Waals surface area contributed by atoms with Crippen molar-refractivity contribution in [3.05, 3.63) is 11.8 Å². The van der Waals surface area contributed by atoms with Crippen LogP contribution in [0.25, 0.3) is 0 Å². The molecule has 0 aliphatic carbocycles. The van der Waals surface area contributed by atoms with E-state index in [0.29, 0.717) is 17.3 Å². The van der Waals surface area contributed by atoms with Crippen molar-refractivity contribution in [2.75, 3.05) is 0 Å². The van der Waals surface area contributed by atoms with Crippen LogP contribution >= 0.6 is 0 Å². The van der Waals surface area contributed by atoms with E-state index < -0.39 is 0 Å². The fraction of sp³-hybridized carbons (Fsp3) is 0.667. The highest BCUT2D eigenvalue weighted by molar-refractivity contribution is 5.98. The van der Waals surface area contributed by atoms with Gasteiger partial charge in [0.05, 0.1) is 5.71 Å². The minimum absolute atomic E-state index is 0.227. The first-order chi connectivity index (χ1) is 4.95. The van der Waals surface area contributed by atoms with E-state index in [2.05, 4.69) is 13.8 Å². The van der Waals surface area contributed by atoms with Gasteiger partial charge in [-0.1, -0.05) is 33.8 Å². The highest BCUT2D eigenvalue weighted by atomic mass is 14.6. The standard InChI is InChI=1S/C9H18N2/c1-6(2)5-8(10)9(11)7(3)4/h5-7,11H,10H2,1-4H3/b8-5-,11-9?. The summed E-state index contributed by atoms with van der Waals surface area (Å²) in [6, 6.07) is 0. The van der Waals surface area contributed by atoms with Crippen molar-refractivity contribution in [3.63, 3.8) is 0 Å². The number of hydrogen-bond acceptors (Lipinski definition) is 2. The molecule has 0 aliphatic rings. The monoisotopic (exact) mass is 154 g/mol. The Kier molecular flexibility index (Phi) is 3.86. The van der Waals surface area contributed by atoms with Gasteiger partial charge in [0.2, 0.25) is 0 Å². The van der Waals surface area contributed by atoms with Gasteiger partial charge in [0.15, 0.2) is 0 Å². The fourth-order valence-corrected chi connectivity index (χ4v) is 0.782. The molecule has 0 aromatic heterocycles. The van der Waals surface area contributed by atoms with Crippen LogP contribution in [0.3, 0.4) is 0 Å². The maximum Gasteiger partial charge on any atom is 0.0565 e. The molecule has 11 heavy (non-hydrogen) atoms. The fourth-order valence-electron chi connectivity index (χ4n) is 0.782. The smallest absolute Gasteiger partial charge is 0.0565 e. The molecule has 0 amide bonds. The van der Waals surface area contributed by atoms with Gasteiger partial charge in [-0.05, 0) is 11.8 Å². The Bertz CT molecular complexity index is 166. The number of nitrogens with two attached hydrogens (primary N) is 1. The molecule has 0 saturated heterocycles. The van der Waals surface area contributed by atoms with Gasteiger partial charge in [-0.2, -0.15) is 0 Å². The number of hydrogen-bond donors (Lipinski definition) is 2. The lowest BCUT2D eigenvalue weighted by Gasteiger charge is -2.08. The molecule has 64 valence electrons. The van der Waals surface area contributed by atoms with E-state index in [9.17, 15) is 0 Å². The van der Waals surface area contributed by atoms with Crippen LogP contribution in [0.1, 0.15) is 27.7 Å².